The molecule has 1 fully saturated rings. The Hall–Kier alpha value is -0.890. The second-order valence-corrected chi connectivity index (χ2v) is 4.92. The van der Waals surface area contributed by atoms with Crippen LogP contribution in [0.5, 0.6) is 0 Å². The number of benzene rings is 1. The molecule has 0 atom stereocenters. The number of likely N-dealkylation sites (N-methyl/N-ethyl adjacent to an activating group) is 1. The summed E-state index contributed by atoms with van der Waals surface area (Å²) >= 11 is 6.00. The zero-order valence-electron chi connectivity index (χ0n) is 8.89. The summed E-state index contributed by atoms with van der Waals surface area (Å²) in [7, 11) is 0. The maximum atomic E-state index is 6.00. The zero-order valence-corrected chi connectivity index (χ0v) is 9.64. The van der Waals surface area contributed by atoms with Gasteiger partial charge in [0.1, 0.15) is 0 Å². The van der Waals surface area contributed by atoms with Crippen molar-refractivity contribution in [3.8, 4) is 0 Å². The summed E-state index contributed by atoms with van der Waals surface area (Å²) in [5, 5.41) is 4.30. The van der Waals surface area contributed by atoms with Crippen LogP contribution in [0.2, 0.25) is 5.02 Å². The van der Waals surface area contributed by atoms with Crippen LogP contribution in [0.3, 0.4) is 0 Å². The van der Waals surface area contributed by atoms with E-state index in [1.54, 1.807) is 0 Å². The molecule has 3 heteroatoms. The molecule has 0 amide bonds. The number of anilines is 2. The molecule has 15 heavy (non-hydrogen) atoms. The summed E-state index contributed by atoms with van der Waals surface area (Å²) in [6, 6.07) is 6.13. The number of rotatable bonds is 1. The molecule has 3 rings (SSSR count). The Morgan fingerprint density at radius 1 is 1.47 bits per heavy atom. The van der Waals surface area contributed by atoms with E-state index in [0.717, 1.165) is 18.1 Å². The summed E-state index contributed by atoms with van der Waals surface area (Å²) in [6.45, 7) is 4.37. The van der Waals surface area contributed by atoms with Gasteiger partial charge in [-0.05, 0) is 38.0 Å². The fourth-order valence-corrected chi connectivity index (χ4v) is 2.76. The molecule has 1 aliphatic carbocycles. The lowest BCUT2D eigenvalue weighted by Crippen LogP contribution is -2.46. The van der Waals surface area contributed by atoms with E-state index < -0.39 is 0 Å². The van der Waals surface area contributed by atoms with E-state index in [1.165, 1.54) is 24.2 Å². The maximum absolute atomic E-state index is 6.00. The van der Waals surface area contributed by atoms with Gasteiger partial charge in [-0.25, -0.2) is 0 Å². The first-order chi connectivity index (χ1) is 7.25. The fraction of sp³-hybridized carbons (Fsp3) is 0.500. The van der Waals surface area contributed by atoms with E-state index in [9.17, 15) is 0 Å². The number of nitrogens with one attached hydrogen (secondary N) is 1. The Kier molecular flexibility index (Phi) is 1.90. The minimum atomic E-state index is 0.412. The number of halogens is 1. The lowest BCUT2D eigenvalue weighted by atomic mass is 10.1. The normalized spacial score (nSPS) is 21.1. The topological polar surface area (TPSA) is 15.3 Å². The molecular weight excluding hydrogens is 208 g/mol. The van der Waals surface area contributed by atoms with E-state index in [0.29, 0.717) is 5.54 Å². The summed E-state index contributed by atoms with van der Waals surface area (Å²) in [5.74, 6) is 0. The largest absolute Gasteiger partial charge is 0.381 e. The Morgan fingerprint density at radius 3 is 2.93 bits per heavy atom. The van der Waals surface area contributed by atoms with Gasteiger partial charge in [0, 0.05) is 18.1 Å². The number of fused-ring (bicyclic) bond motifs is 1. The minimum Gasteiger partial charge on any atom is -0.381 e. The third kappa shape index (κ3) is 1.31. The van der Waals surface area contributed by atoms with E-state index in [-0.39, 0.29) is 0 Å². The Labute approximate surface area is 95.2 Å². The van der Waals surface area contributed by atoms with Gasteiger partial charge in [0.15, 0.2) is 0 Å². The van der Waals surface area contributed by atoms with Crippen LogP contribution in [-0.4, -0.2) is 18.6 Å². The molecule has 2 aliphatic rings. The first-order valence-corrected chi connectivity index (χ1v) is 5.94. The molecule has 1 aromatic carbocycles. The second-order valence-electron chi connectivity index (χ2n) is 4.48. The highest BCUT2D eigenvalue weighted by atomic mass is 35.5. The minimum absolute atomic E-state index is 0.412. The van der Waals surface area contributed by atoms with Crippen molar-refractivity contribution in [2.75, 3.05) is 23.3 Å². The predicted octanol–water partition coefficient (Wildman–Crippen LogP) is 3.12. The van der Waals surface area contributed by atoms with Crippen LogP contribution in [0.4, 0.5) is 11.4 Å². The van der Waals surface area contributed by atoms with Gasteiger partial charge in [-0.2, -0.15) is 0 Å². The standard InChI is InChI=1S/C12H15ClN2/c1-2-15-11-4-3-9(13)7-10(11)14-8-12(15)5-6-12/h3-4,7,14H,2,5-6,8H2,1H3. The third-order valence-electron chi connectivity index (χ3n) is 3.57. The van der Waals surface area contributed by atoms with Gasteiger partial charge in [0.25, 0.3) is 0 Å². The number of nitrogens with zero attached hydrogens (tertiary/aromatic N) is 1. The molecule has 1 N–H and O–H groups in total. The summed E-state index contributed by atoms with van der Waals surface area (Å²) in [5.41, 5.74) is 2.91. The highest BCUT2D eigenvalue weighted by Crippen LogP contribution is 2.49. The van der Waals surface area contributed by atoms with Gasteiger partial charge in [0.2, 0.25) is 0 Å². The molecule has 2 nitrogen and oxygen atoms in total. The predicted molar refractivity (Wildman–Crippen MR) is 64.9 cm³/mol. The summed E-state index contributed by atoms with van der Waals surface area (Å²) in [6.07, 6.45) is 2.63. The van der Waals surface area contributed by atoms with Crippen molar-refractivity contribution in [3.63, 3.8) is 0 Å². The van der Waals surface area contributed by atoms with E-state index in [1.807, 2.05) is 12.1 Å². The van der Waals surface area contributed by atoms with Crippen LogP contribution in [0.25, 0.3) is 0 Å². The average molecular weight is 223 g/mol. The molecule has 1 aliphatic heterocycles. The number of hydrogen-bond acceptors (Lipinski definition) is 2. The summed E-state index contributed by atoms with van der Waals surface area (Å²) < 4.78 is 0. The van der Waals surface area contributed by atoms with Gasteiger partial charge in [-0.15, -0.1) is 0 Å². The van der Waals surface area contributed by atoms with Gasteiger partial charge in [-0.1, -0.05) is 11.6 Å². The Balaban J connectivity index is 2.06. The van der Waals surface area contributed by atoms with E-state index in [2.05, 4.69) is 23.2 Å². The van der Waals surface area contributed by atoms with Crippen LogP contribution in [-0.2, 0) is 0 Å². The number of hydrogen-bond donors (Lipinski definition) is 1. The molecule has 80 valence electrons. The third-order valence-corrected chi connectivity index (χ3v) is 3.81. The quantitative estimate of drug-likeness (QED) is 0.786. The van der Waals surface area contributed by atoms with Crippen molar-refractivity contribution in [1.29, 1.82) is 0 Å². The molecule has 1 spiro atoms. The molecule has 0 aromatic heterocycles. The molecule has 0 radical (unpaired) electrons. The highest BCUT2D eigenvalue weighted by Gasteiger charge is 2.49. The van der Waals surface area contributed by atoms with E-state index in [4.69, 9.17) is 11.6 Å². The maximum Gasteiger partial charge on any atom is 0.0608 e. The van der Waals surface area contributed by atoms with Crippen molar-refractivity contribution >= 4 is 23.0 Å². The molecule has 1 saturated carbocycles. The van der Waals surface area contributed by atoms with Crippen LogP contribution in [0.1, 0.15) is 19.8 Å². The van der Waals surface area contributed by atoms with Crippen LogP contribution in [0, 0.1) is 0 Å². The lowest BCUT2D eigenvalue weighted by molar-refractivity contribution is 0.606. The van der Waals surface area contributed by atoms with Crippen LogP contribution in [0.15, 0.2) is 18.2 Å². The molecule has 0 bridgehead atoms. The van der Waals surface area contributed by atoms with Crippen molar-refractivity contribution < 1.29 is 0 Å². The van der Waals surface area contributed by atoms with Crippen molar-refractivity contribution in [2.45, 2.75) is 25.3 Å². The second kappa shape index (κ2) is 3.05. The monoisotopic (exact) mass is 222 g/mol. The molecule has 1 aromatic rings. The van der Waals surface area contributed by atoms with Crippen LogP contribution < -0.4 is 10.2 Å². The van der Waals surface area contributed by atoms with E-state index >= 15 is 0 Å². The van der Waals surface area contributed by atoms with Crippen LogP contribution >= 0.6 is 11.6 Å². The molecular formula is C12H15ClN2. The molecule has 1 heterocycles. The fourth-order valence-electron chi connectivity index (χ4n) is 2.59. The lowest BCUT2D eigenvalue weighted by Gasteiger charge is -2.39. The average Bonchev–Trinajstić information content (AvgIpc) is 2.99. The first kappa shape index (κ1) is 9.34. The SMILES string of the molecule is CCN1c2ccc(Cl)cc2NCC12CC2. The van der Waals surface area contributed by atoms with Crippen molar-refractivity contribution in [2.24, 2.45) is 0 Å². The van der Waals surface area contributed by atoms with Gasteiger partial charge in [-0.3, -0.25) is 0 Å². The Bertz CT molecular complexity index is 399. The Morgan fingerprint density at radius 2 is 2.27 bits per heavy atom. The smallest absolute Gasteiger partial charge is 0.0608 e. The molecule has 0 unspecified atom stereocenters. The first-order valence-electron chi connectivity index (χ1n) is 5.56. The summed E-state index contributed by atoms with van der Waals surface area (Å²) in [4.78, 5) is 2.52. The van der Waals surface area contributed by atoms with Crippen molar-refractivity contribution in [3.05, 3.63) is 23.2 Å². The van der Waals surface area contributed by atoms with Gasteiger partial charge >= 0.3 is 0 Å². The van der Waals surface area contributed by atoms with Gasteiger partial charge in [0.05, 0.1) is 16.9 Å². The zero-order chi connectivity index (χ0) is 10.5. The highest BCUT2D eigenvalue weighted by molar-refractivity contribution is 6.31. The molecule has 0 saturated heterocycles. The van der Waals surface area contributed by atoms with Crippen molar-refractivity contribution in [1.82, 2.24) is 0 Å². The van der Waals surface area contributed by atoms with Gasteiger partial charge < -0.3 is 10.2 Å².